The Kier molecular flexibility index (Phi) is 9.62. The number of fused-ring (bicyclic) bond motifs is 9. The van der Waals surface area contributed by atoms with Crippen molar-refractivity contribution < 1.29 is 0 Å². The molecule has 50 heavy (non-hydrogen) atoms. The maximum absolute atomic E-state index is 4.14. The normalized spacial score (nSPS) is 12.9. The highest BCUT2D eigenvalue weighted by atomic mass is 14.7. The van der Waals surface area contributed by atoms with Gasteiger partial charge in [0, 0.05) is 27.4 Å². The van der Waals surface area contributed by atoms with Gasteiger partial charge in [0.05, 0.1) is 5.70 Å². The Labute approximate surface area is 294 Å². The molecule has 1 aliphatic carbocycles. The fourth-order valence-electron chi connectivity index (χ4n) is 6.91. The van der Waals surface area contributed by atoms with Crippen molar-refractivity contribution in [1.29, 1.82) is 0 Å². The van der Waals surface area contributed by atoms with Gasteiger partial charge in [-0.05, 0) is 94.2 Å². The van der Waals surface area contributed by atoms with Crippen molar-refractivity contribution in [2.24, 2.45) is 4.99 Å². The molecule has 0 aliphatic heterocycles. The fraction of sp³-hybridized carbons (Fsp3) is 0.0625. The number of benzene rings is 7. The number of nitrogens with zero attached hydrogens (tertiary/aromatic N) is 1. The van der Waals surface area contributed by atoms with Crippen LogP contribution in [0.4, 0.5) is 0 Å². The zero-order chi connectivity index (χ0) is 34.3. The summed E-state index contributed by atoms with van der Waals surface area (Å²) in [6.45, 7) is 7.84. The van der Waals surface area contributed by atoms with E-state index in [0.717, 1.165) is 17.7 Å². The Bertz CT molecular complexity index is 2510. The van der Waals surface area contributed by atoms with Crippen LogP contribution in [0, 0.1) is 0 Å². The van der Waals surface area contributed by atoms with Crippen molar-refractivity contribution >= 4 is 72.1 Å². The van der Waals surface area contributed by atoms with E-state index in [1.807, 2.05) is 13.0 Å². The molecule has 1 aliphatic rings. The lowest BCUT2D eigenvalue weighted by molar-refractivity contribution is 1.39. The molecule has 7 aromatic carbocycles. The third kappa shape index (κ3) is 6.57. The van der Waals surface area contributed by atoms with Gasteiger partial charge in [-0.1, -0.05) is 158 Å². The number of allylic oxidation sites excluding steroid dienone is 7. The minimum Gasteiger partial charge on any atom is -0.355 e. The molecule has 0 saturated carbocycles. The van der Waals surface area contributed by atoms with Gasteiger partial charge in [0.2, 0.25) is 0 Å². The van der Waals surface area contributed by atoms with E-state index in [1.54, 1.807) is 0 Å². The van der Waals surface area contributed by atoms with E-state index in [-0.39, 0.29) is 0 Å². The number of H-pyrrole nitrogens is 1. The van der Waals surface area contributed by atoms with Gasteiger partial charge in [-0.25, -0.2) is 0 Å². The molecule has 2 heteroatoms. The Morgan fingerprint density at radius 3 is 1.66 bits per heavy atom. The molecule has 0 radical (unpaired) electrons. The Balaban J connectivity index is 0.000000125. The molecular weight excluding hydrogens is 605 g/mol. The average Bonchev–Trinajstić information content (AvgIpc) is 3.42. The summed E-state index contributed by atoms with van der Waals surface area (Å²) in [5.74, 6) is 0. The van der Waals surface area contributed by atoms with Crippen molar-refractivity contribution in [2.75, 3.05) is 0 Å². The first-order valence-electron chi connectivity index (χ1n) is 17.2. The SMILES string of the molecule is C=N/C(=C\C)c1ccc2c3ccccc3c3ccccc3c2c1.CC1=CC=CCC=C1c1ccccc1.c1ccc2c(c1)[nH]c1ccccc12. The molecule has 1 N–H and O–H groups in total. The molecule has 0 saturated heterocycles. The third-order valence-electron chi connectivity index (χ3n) is 9.35. The number of hydrogen-bond acceptors (Lipinski definition) is 1. The van der Waals surface area contributed by atoms with E-state index in [0.29, 0.717) is 0 Å². The molecule has 0 unspecified atom stereocenters. The maximum Gasteiger partial charge on any atom is 0.0652 e. The molecular formula is C48H40N2. The number of hydrogen-bond donors (Lipinski definition) is 1. The number of aliphatic imine (C=N–C) groups is 1. The van der Waals surface area contributed by atoms with Gasteiger partial charge in [-0.2, -0.15) is 0 Å². The average molecular weight is 645 g/mol. The smallest absolute Gasteiger partial charge is 0.0652 e. The third-order valence-corrected chi connectivity index (χ3v) is 9.35. The molecule has 242 valence electrons. The molecule has 0 fully saturated rings. The van der Waals surface area contributed by atoms with Crippen LogP contribution in [0.2, 0.25) is 0 Å². The first kappa shape index (κ1) is 32.3. The van der Waals surface area contributed by atoms with Crippen molar-refractivity contribution in [3.05, 3.63) is 193 Å². The molecule has 0 atom stereocenters. The van der Waals surface area contributed by atoms with Crippen LogP contribution in [-0.4, -0.2) is 11.7 Å². The lowest BCUT2D eigenvalue weighted by atomic mass is 9.93. The van der Waals surface area contributed by atoms with Crippen LogP contribution in [0.1, 0.15) is 31.4 Å². The predicted octanol–water partition coefficient (Wildman–Crippen LogP) is 13.5. The second-order valence-corrected chi connectivity index (χ2v) is 12.4. The van der Waals surface area contributed by atoms with Gasteiger partial charge in [-0.3, -0.25) is 4.99 Å². The van der Waals surface area contributed by atoms with Crippen LogP contribution in [0.25, 0.3) is 65.4 Å². The maximum atomic E-state index is 4.14. The molecule has 0 spiro atoms. The van der Waals surface area contributed by atoms with E-state index in [9.17, 15) is 0 Å². The van der Waals surface area contributed by atoms with Crippen LogP contribution in [0.15, 0.2) is 187 Å². The van der Waals surface area contributed by atoms with E-state index < -0.39 is 0 Å². The van der Waals surface area contributed by atoms with Crippen LogP contribution in [0.5, 0.6) is 0 Å². The molecule has 1 aromatic heterocycles. The van der Waals surface area contributed by atoms with Gasteiger partial charge in [0.15, 0.2) is 0 Å². The highest BCUT2D eigenvalue weighted by molar-refractivity contribution is 6.25. The van der Waals surface area contributed by atoms with Gasteiger partial charge in [0.25, 0.3) is 0 Å². The van der Waals surface area contributed by atoms with Gasteiger partial charge >= 0.3 is 0 Å². The van der Waals surface area contributed by atoms with Crippen molar-refractivity contribution in [3.8, 4) is 0 Å². The topological polar surface area (TPSA) is 28.1 Å². The first-order chi connectivity index (χ1) is 24.7. The second kappa shape index (κ2) is 14.9. The van der Waals surface area contributed by atoms with Gasteiger partial charge in [-0.15, -0.1) is 0 Å². The molecule has 1 heterocycles. The van der Waals surface area contributed by atoms with E-state index in [4.69, 9.17) is 0 Å². The molecule has 8 aromatic rings. The quantitative estimate of drug-likeness (QED) is 0.146. The van der Waals surface area contributed by atoms with Crippen LogP contribution in [0.3, 0.4) is 0 Å². The monoisotopic (exact) mass is 644 g/mol. The molecule has 0 amide bonds. The van der Waals surface area contributed by atoms with Crippen LogP contribution < -0.4 is 0 Å². The Hall–Kier alpha value is -6.25. The number of aromatic nitrogens is 1. The second-order valence-electron chi connectivity index (χ2n) is 12.4. The number of nitrogens with one attached hydrogen (secondary N) is 1. The minimum absolute atomic E-state index is 0.920. The van der Waals surface area contributed by atoms with E-state index in [1.165, 1.54) is 70.8 Å². The predicted molar refractivity (Wildman–Crippen MR) is 220 cm³/mol. The van der Waals surface area contributed by atoms with E-state index >= 15 is 0 Å². The number of aromatic amines is 1. The van der Waals surface area contributed by atoms with E-state index in [2.05, 4.69) is 194 Å². The van der Waals surface area contributed by atoms with Gasteiger partial charge in [0.1, 0.15) is 0 Å². The summed E-state index contributed by atoms with van der Waals surface area (Å²) in [5.41, 5.74) is 8.46. The summed E-state index contributed by atoms with van der Waals surface area (Å²) in [5, 5.41) is 10.3. The minimum atomic E-state index is 0.920. The summed E-state index contributed by atoms with van der Waals surface area (Å²) < 4.78 is 0. The highest BCUT2D eigenvalue weighted by Gasteiger charge is 2.09. The van der Waals surface area contributed by atoms with Gasteiger partial charge < -0.3 is 4.98 Å². The zero-order valence-corrected chi connectivity index (χ0v) is 28.6. The summed E-state index contributed by atoms with van der Waals surface area (Å²) in [4.78, 5) is 7.52. The van der Waals surface area contributed by atoms with Crippen molar-refractivity contribution in [1.82, 2.24) is 4.98 Å². The van der Waals surface area contributed by atoms with Crippen LogP contribution >= 0.6 is 0 Å². The van der Waals surface area contributed by atoms with Crippen molar-refractivity contribution in [3.63, 3.8) is 0 Å². The summed E-state index contributed by atoms with van der Waals surface area (Å²) in [6.07, 6.45) is 11.8. The Morgan fingerprint density at radius 1 is 0.600 bits per heavy atom. The standard InChI is InChI=1S/C22H17N.C14H14.C12H9N/c1-3-22(23-2)15-12-13-20-18-10-5-4-8-16(18)17-9-6-7-11-19(17)21(20)14-15;1-12-8-4-2-7-11-14(12)13-9-5-3-6-10-13;1-3-7-11-9(5-1)10-6-2-4-8-12(10)13-11/h3-14H,2H2,1H3;2-6,8-11H,7H2,1H3;1-8,13H/b22-3-;;. The van der Waals surface area contributed by atoms with Crippen LogP contribution in [-0.2, 0) is 0 Å². The fourth-order valence-corrected chi connectivity index (χ4v) is 6.91. The zero-order valence-electron chi connectivity index (χ0n) is 28.6. The summed E-state index contributed by atoms with van der Waals surface area (Å²) in [6, 6.07) is 51.1. The first-order valence-corrected chi connectivity index (χ1v) is 17.2. The summed E-state index contributed by atoms with van der Waals surface area (Å²) in [7, 11) is 0. The number of para-hydroxylation sites is 2. The lowest BCUT2D eigenvalue weighted by Crippen LogP contribution is -1.86. The molecule has 9 rings (SSSR count). The molecule has 0 bridgehead atoms. The van der Waals surface area contributed by atoms with Crippen molar-refractivity contribution in [2.45, 2.75) is 20.3 Å². The number of rotatable bonds is 3. The largest absolute Gasteiger partial charge is 0.355 e. The molecule has 2 nitrogen and oxygen atoms in total. The summed E-state index contributed by atoms with van der Waals surface area (Å²) >= 11 is 0. The Morgan fingerprint density at radius 2 is 1.10 bits per heavy atom. The lowest BCUT2D eigenvalue weighted by Gasteiger charge is -2.11. The highest BCUT2D eigenvalue weighted by Crippen LogP contribution is 2.36.